The van der Waals surface area contributed by atoms with Crippen molar-refractivity contribution < 1.29 is 4.39 Å². The molecule has 3 N–H and O–H groups in total. The number of hydrogen-bond donors (Lipinski definition) is 2. The molecule has 0 atom stereocenters. The van der Waals surface area contributed by atoms with Crippen LogP contribution in [0, 0.1) is 5.82 Å². The van der Waals surface area contributed by atoms with Gasteiger partial charge in [0.1, 0.15) is 5.82 Å². The van der Waals surface area contributed by atoms with Crippen LogP contribution in [0.1, 0.15) is 11.3 Å². The minimum Gasteiger partial charge on any atom is -0.370 e. The SMILES string of the molecule is I.NC(=NCc1ccc(F)cc1)NCCc1ccccn1. The minimum absolute atomic E-state index is 0. The van der Waals surface area contributed by atoms with Crippen LogP contribution in [0.5, 0.6) is 0 Å². The van der Waals surface area contributed by atoms with Crippen LogP contribution in [0.2, 0.25) is 0 Å². The molecule has 2 rings (SSSR count). The smallest absolute Gasteiger partial charge is 0.188 e. The Hall–Kier alpha value is -1.70. The van der Waals surface area contributed by atoms with Crippen LogP contribution in [-0.2, 0) is 13.0 Å². The summed E-state index contributed by atoms with van der Waals surface area (Å²) in [7, 11) is 0. The molecule has 1 aromatic heterocycles. The Labute approximate surface area is 140 Å². The number of aliphatic imine (C=N–C) groups is 1. The summed E-state index contributed by atoms with van der Waals surface area (Å²) in [5.74, 6) is 0.129. The van der Waals surface area contributed by atoms with E-state index < -0.39 is 0 Å². The molecule has 0 fully saturated rings. The Kier molecular flexibility index (Phi) is 7.66. The van der Waals surface area contributed by atoms with Crippen LogP contribution >= 0.6 is 24.0 Å². The van der Waals surface area contributed by atoms with Gasteiger partial charge < -0.3 is 11.1 Å². The van der Waals surface area contributed by atoms with E-state index in [1.54, 1.807) is 18.3 Å². The third kappa shape index (κ3) is 6.52. The summed E-state index contributed by atoms with van der Waals surface area (Å²) in [6.07, 6.45) is 2.55. The van der Waals surface area contributed by atoms with Gasteiger partial charge in [-0.25, -0.2) is 9.38 Å². The third-order valence-electron chi connectivity index (χ3n) is 2.76. The molecule has 0 radical (unpaired) electrons. The van der Waals surface area contributed by atoms with E-state index >= 15 is 0 Å². The van der Waals surface area contributed by atoms with Crippen molar-refractivity contribution in [1.29, 1.82) is 0 Å². The predicted molar refractivity (Wildman–Crippen MR) is 93.1 cm³/mol. The van der Waals surface area contributed by atoms with Gasteiger partial charge in [-0.15, -0.1) is 24.0 Å². The summed E-state index contributed by atoms with van der Waals surface area (Å²) < 4.78 is 12.7. The lowest BCUT2D eigenvalue weighted by Gasteiger charge is -2.05. The second-order valence-electron chi connectivity index (χ2n) is 4.33. The molecule has 0 bridgehead atoms. The fourth-order valence-corrected chi connectivity index (χ4v) is 1.69. The van der Waals surface area contributed by atoms with Gasteiger partial charge in [0.2, 0.25) is 0 Å². The van der Waals surface area contributed by atoms with E-state index in [9.17, 15) is 4.39 Å². The minimum atomic E-state index is -0.251. The first kappa shape index (κ1) is 17.4. The number of guanidine groups is 1. The molecule has 0 amide bonds. The first-order valence-electron chi connectivity index (χ1n) is 6.42. The summed E-state index contributed by atoms with van der Waals surface area (Å²) >= 11 is 0. The van der Waals surface area contributed by atoms with E-state index in [4.69, 9.17) is 5.73 Å². The quantitative estimate of drug-likeness (QED) is 0.461. The van der Waals surface area contributed by atoms with Gasteiger partial charge >= 0.3 is 0 Å². The lowest BCUT2D eigenvalue weighted by molar-refractivity contribution is 0.627. The summed E-state index contributed by atoms with van der Waals surface area (Å²) in [5, 5.41) is 3.03. The number of hydrogen-bond acceptors (Lipinski definition) is 2. The lowest BCUT2D eigenvalue weighted by atomic mass is 10.2. The van der Waals surface area contributed by atoms with Crippen molar-refractivity contribution in [2.45, 2.75) is 13.0 Å². The van der Waals surface area contributed by atoms with Gasteiger partial charge in [-0.05, 0) is 29.8 Å². The molecule has 112 valence electrons. The van der Waals surface area contributed by atoms with Crippen LogP contribution in [0.25, 0.3) is 0 Å². The van der Waals surface area contributed by atoms with Crippen LogP contribution < -0.4 is 11.1 Å². The van der Waals surface area contributed by atoms with Gasteiger partial charge in [-0.3, -0.25) is 4.98 Å². The molecule has 1 heterocycles. The Morgan fingerprint density at radius 2 is 1.95 bits per heavy atom. The average Bonchev–Trinajstić information content (AvgIpc) is 2.48. The number of halogens is 2. The maximum absolute atomic E-state index is 12.7. The van der Waals surface area contributed by atoms with Gasteiger partial charge in [-0.1, -0.05) is 18.2 Å². The maximum Gasteiger partial charge on any atom is 0.188 e. The number of nitrogens with zero attached hydrogens (tertiary/aromatic N) is 2. The first-order chi connectivity index (χ1) is 9.74. The van der Waals surface area contributed by atoms with Crippen LogP contribution in [0.15, 0.2) is 53.7 Å². The zero-order valence-electron chi connectivity index (χ0n) is 11.5. The zero-order valence-corrected chi connectivity index (χ0v) is 13.8. The Morgan fingerprint density at radius 3 is 2.62 bits per heavy atom. The predicted octanol–water partition coefficient (Wildman–Crippen LogP) is 2.49. The number of pyridine rings is 1. The molecule has 0 aliphatic carbocycles. The van der Waals surface area contributed by atoms with Crippen LogP contribution in [0.4, 0.5) is 4.39 Å². The molecule has 21 heavy (non-hydrogen) atoms. The molecule has 6 heteroatoms. The molecular weight excluding hydrogens is 382 g/mol. The van der Waals surface area contributed by atoms with Gasteiger partial charge in [0.05, 0.1) is 6.54 Å². The number of rotatable bonds is 5. The highest BCUT2D eigenvalue weighted by Crippen LogP contribution is 2.03. The monoisotopic (exact) mass is 400 g/mol. The van der Waals surface area contributed by atoms with Crippen molar-refractivity contribution >= 4 is 29.9 Å². The Balaban J connectivity index is 0.00000220. The van der Waals surface area contributed by atoms with E-state index in [0.29, 0.717) is 19.0 Å². The Morgan fingerprint density at radius 1 is 1.19 bits per heavy atom. The third-order valence-corrected chi connectivity index (χ3v) is 2.76. The highest BCUT2D eigenvalue weighted by molar-refractivity contribution is 14.0. The topological polar surface area (TPSA) is 63.3 Å². The lowest BCUT2D eigenvalue weighted by Crippen LogP contribution is -2.33. The summed E-state index contributed by atoms with van der Waals surface area (Å²) in [4.78, 5) is 8.42. The van der Waals surface area contributed by atoms with Crippen molar-refractivity contribution in [3.63, 3.8) is 0 Å². The summed E-state index contributed by atoms with van der Waals surface area (Å²) in [6, 6.07) is 12.0. The van der Waals surface area contributed by atoms with Crippen molar-refractivity contribution in [1.82, 2.24) is 10.3 Å². The van der Waals surface area contributed by atoms with Gasteiger partial charge in [0, 0.05) is 24.9 Å². The van der Waals surface area contributed by atoms with E-state index in [-0.39, 0.29) is 29.8 Å². The fourth-order valence-electron chi connectivity index (χ4n) is 1.69. The molecule has 0 saturated carbocycles. The molecule has 0 spiro atoms. The molecule has 0 unspecified atom stereocenters. The fraction of sp³-hybridized carbons (Fsp3) is 0.200. The zero-order chi connectivity index (χ0) is 14.2. The van der Waals surface area contributed by atoms with E-state index in [1.165, 1.54) is 12.1 Å². The van der Waals surface area contributed by atoms with Crippen molar-refractivity contribution in [3.8, 4) is 0 Å². The largest absolute Gasteiger partial charge is 0.370 e. The highest BCUT2D eigenvalue weighted by Gasteiger charge is 1.96. The number of benzene rings is 1. The molecule has 0 aliphatic rings. The van der Waals surface area contributed by atoms with E-state index in [0.717, 1.165) is 17.7 Å². The normalized spacial score (nSPS) is 10.8. The van der Waals surface area contributed by atoms with Crippen LogP contribution in [0.3, 0.4) is 0 Å². The average molecular weight is 400 g/mol. The number of aromatic nitrogens is 1. The highest BCUT2D eigenvalue weighted by atomic mass is 127. The van der Waals surface area contributed by atoms with Crippen molar-refractivity contribution in [2.24, 2.45) is 10.7 Å². The van der Waals surface area contributed by atoms with Crippen molar-refractivity contribution in [3.05, 3.63) is 65.7 Å². The van der Waals surface area contributed by atoms with Gasteiger partial charge in [0.15, 0.2) is 5.96 Å². The second-order valence-corrected chi connectivity index (χ2v) is 4.33. The Bertz CT molecular complexity index is 558. The molecule has 2 aromatic rings. The first-order valence-corrected chi connectivity index (χ1v) is 6.42. The van der Waals surface area contributed by atoms with Crippen LogP contribution in [-0.4, -0.2) is 17.5 Å². The van der Waals surface area contributed by atoms with Gasteiger partial charge in [-0.2, -0.15) is 0 Å². The molecule has 4 nitrogen and oxygen atoms in total. The van der Waals surface area contributed by atoms with Crippen molar-refractivity contribution in [2.75, 3.05) is 6.54 Å². The standard InChI is InChI=1S/C15H17FN4.HI/c16-13-6-4-12(5-7-13)11-20-15(17)19-10-8-14-3-1-2-9-18-14;/h1-7,9H,8,10-11H2,(H3,17,19,20);1H. The molecule has 1 aromatic carbocycles. The van der Waals surface area contributed by atoms with E-state index in [1.807, 2.05) is 18.2 Å². The number of nitrogens with two attached hydrogens (primary N) is 1. The molecule has 0 aliphatic heterocycles. The second kappa shape index (κ2) is 9.28. The maximum atomic E-state index is 12.7. The summed E-state index contributed by atoms with van der Waals surface area (Å²) in [5.41, 5.74) is 7.68. The number of nitrogens with one attached hydrogen (secondary N) is 1. The molecule has 0 saturated heterocycles. The van der Waals surface area contributed by atoms with Gasteiger partial charge in [0.25, 0.3) is 0 Å². The molecular formula is C15H18FIN4. The summed E-state index contributed by atoms with van der Waals surface area (Å²) in [6.45, 7) is 1.11. The van der Waals surface area contributed by atoms with E-state index in [2.05, 4.69) is 15.3 Å².